The zero-order chi connectivity index (χ0) is 24.0. The van der Waals surface area contributed by atoms with Crippen LogP contribution in [0.25, 0.3) is 0 Å². The van der Waals surface area contributed by atoms with Crippen molar-refractivity contribution in [3.05, 3.63) is 29.8 Å². The SMILES string of the molecule is CN.NC(=O)[C@H](CS)CC(=O)[C@@H](N)CCNC(=O)Oc1ccc(C[C@H](N)C(N)=O)cc1.[Y]. The van der Waals surface area contributed by atoms with E-state index in [0.29, 0.717) is 0 Å². The van der Waals surface area contributed by atoms with E-state index in [1.54, 1.807) is 24.3 Å². The van der Waals surface area contributed by atoms with Crippen molar-refractivity contribution in [2.24, 2.45) is 34.6 Å². The molecule has 1 rings (SSSR count). The van der Waals surface area contributed by atoms with E-state index in [2.05, 4.69) is 23.7 Å². The number of ketones is 1. The van der Waals surface area contributed by atoms with Gasteiger partial charge in [-0.25, -0.2) is 4.79 Å². The molecule has 0 aliphatic rings. The van der Waals surface area contributed by atoms with Gasteiger partial charge in [0.25, 0.3) is 0 Å². The van der Waals surface area contributed by atoms with Crippen molar-refractivity contribution in [2.45, 2.75) is 31.3 Å². The van der Waals surface area contributed by atoms with Crippen molar-refractivity contribution < 1.29 is 56.6 Å². The van der Waals surface area contributed by atoms with E-state index in [1.807, 2.05) is 0 Å². The minimum absolute atomic E-state index is 0. The third-order valence-electron chi connectivity index (χ3n) is 4.16. The van der Waals surface area contributed by atoms with E-state index in [0.717, 1.165) is 5.56 Å². The summed E-state index contributed by atoms with van der Waals surface area (Å²) in [4.78, 5) is 45.9. The van der Waals surface area contributed by atoms with Crippen molar-refractivity contribution >= 4 is 36.3 Å². The fourth-order valence-corrected chi connectivity index (χ4v) is 2.64. The summed E-state index contributed by atoms with van der Waals surface area (Å²) < 4.78 is 5.11. The van der Waals surface area contributed by atoms with Gasteiger partial charge < -0.3 is 38.7 Å². The Morgan fingerprint density at radius 3 is 2.03 bits per heavy atom. The van der Waals surface area contributed by atoms with Gasteiger partial charge in [-0.3, -0.25) is 14.4 Å². The molecule has 0 saturated carbocycles. The molecule has 0 saturated heterocycles. The number of hydrogen-bond donors (Lipinski definition) is 7. The third kappa shape index (κ3) is 13.1. The maximum atomic E-state index is 12.0. The molecule has 0 unspecified atom stereocenters. The van der Waals surface area contributed by atoms with Crippen molar-refractivity contribution in [2.75, 3.05) is 19.3 Å². The van der Waals surface area contributed by atoms with Gasteiger partial charge in [-0.15, -0.1) is 0 Å². The van der Waals surface area contributed by atoms with Crippen molar-refractivity contribution in [1.29, 1.82) is 0 Å². The molecular formula is C19H32N6O5SY. The zero-order valence-corrected chi connectivity index (χ0v) is 21.8. The maximum Gasteiger partial charge on any atom is 0.412 e. The summed E-state index contributed by atoms with van der Waals surface area (Å²) in [7, 11) is 1.50. The molecule has 177 valence electrons. The number of carbonyl (C=O) groups excluding carboxylic acids is 4. The molecule has 11 N–H and O–H groups in total. The monoisotopic (exact) mass is 545 g/mol. The molecule has 0 spiro atoms. The topological polar surface area (TPSA) is 220 Å². The van der Waals surface area contributed by atoms with Gasteiger partial charge in [-0.1, -0.05) is 12.1 Å². The van der Waals surface area contributed by atoms with Crippen molar-refractivity contribution in [3.63, 3.8) is 0 Å². The van der Waals surface area contributed by atoms with Crippen LogP contribution in [0, 0.1) is 5.92 Å². The first-order chi connectivity index (χ1) is 14.6. The van der Waals surface area contributed by atoms with Crippen LogP contribution in [0.4, 0.5) is 4.79 Å². The number of thiol groups is 1. The average Bonchev–Trinajstić information content (AvgIpc) is 2.74. The van der Waals surface area contributed by atoms with Crippen LogP contribution >= 0.6 is 12.6 Å². The number of amides is 3. The van der Waals surface area contributed by atoms with Crippen LogP contribution < -0.4 is 38.7 Å². The smallest absolute Gasteiger partial charge is 0.410 e. The Bertz CT molecular complexity index is 737. The van der Waals surface area contributed by atoms with Gasteiger partial charge in [0.1, 0.15) is 11.5 Å². The molecule has 0 heterocycles. The van der Waals surface area contributed by atoms with Gasteiger partial charge in [0.05, 0.1) is 18.0 Å². The van der Waals surface area contributed by atoms with Crippen LogP contribution in [0.1, 0.15) is 18.4 Å². The van der Waals surface area contributed by atoms with Gasteiger partial charge in [0.15, 0.2) is 0 Å². The standard InChI is InChI=1S/C18H27N5O5S.CH5N.Y/c19-13(15(24)8-11(9-29)16(21)25)5-6-23-18(27)28-12-3-1-10(2-4-12)7-14(20)17(22)26;1-2;/h1-4,11,13-14,29H,5-9,19-20H2,(H2,21,25)(H2,22,26)(H,23,27);2H2,1H3;/t11-,13-,14-;;/m0../s1. The number of hydrogen-bond acceptors (Lipinski definition) is 9. The molecule has 3 atom stereocenters. The van der Waals surface area contributed by atoms with Crippen LogP contribution in [-0.2, 0) is 53.5 Å². The van der Waals surface area contributed by atoms with Crippen LogP contribution in [-0.4, -0.2) is 55.1 Å². The summed E-state index contributed by atoms with van der Waals surface area (Å²) in [5.74, 6) is -1.76. The van der Waals surface area contributed by atoms with Gasteiger partial charge in [-0.2, -0.15) is 12.6 Å². The Balaban J connectivity index is 0. The second kappa shape index (κ2) is 17.9. The van der Waals surface area contributed by atoms with Gasteiger partial charge in [-0.05, 0) is 37.6 Å². The number of nitrogens with two attached hydrogens (primary N) is 5. The number of benzene rings is 1. The summed E-state index contributed by atoms with van der Waals surface area (Å²) in [6.45, 7) is 0.111. The second-order valence-corrected chi connectivity index (χ2v) is 6.89. The third-order valence-corrected chi connectivity index (χ3v) is 4.60. The van der Waals surface area contributed by atoms with Gasteiger partial charge >= 0.3 is 6.09 Å². The molecule has 1 radical (unpaired) electrons. The molecule has 0 aliphatic heterocycles. The Labute approximate surface area is 218 Å². The van der Waals surface area contributed by atoms with E-state index in [-0.39, 0.29) is 75.8 Å². The van der Waals surface area contributed by atoms with Crippen LogP contribution in [0.3, 0.4) is 0 Å². The van der Waals surface area contributed by atoms with E-state index < -0.39 is 35.9 Å². The Kier molecular flexibility index (Phi) is 18.3. The van der Waals surface area contributed by atoms with Crippen LogP contribution in [0.15, 0.2) is 24.3 Å². The largest absolute Gasteiger partial charge is 0.412 e. The fourth-order valence-electron chi connectivity index (χ4n) is 2.33. The van der Waals surface area contributed by atoms with Gasteiger partial charge in [0.2, 0.25) is 11.8 Å². The normalized spacial score (nSPS) is 12.7. The molecular weight excluding hydrogens is 513 g/mol. The number of rotatable bonds is 12. The molecule has 0 fully saturated rings. The number of ether oxygens (including phenoxy) is 1. The first-order valence-electron chi connectivity index (χ1n) is 9.49. The minimum atomic E-state index is -0.842. The number of nitrogens with one attached hydrogen (secondary N) is 1. The van der Waals surface area contributed by atoms with Crippen molar-refractivity contribution in [1.82, 2.24) is 5.32 Å². The molecule has 32 heavy (non-hydrogen) atoms. The second-order valence-electron chi connectivity index (χ2n) is 6.52. The summed E-state index contributed by atoms with van der Waals surface area (Å²) in [5, 5.41) is 2.49. The van der Waals surface area contributed by atoms with Crippen LogP contribution in [0.2, 0.25) is 0 Å². The molecule has 0 aromatic heterocycles. The molecule has 0 bridgehead atoms. The Hall–Kier alpha value is -1.57. The summed E-state index contributed by atoms with van der Waals surface area (Å²) in [5.41, 5.74) is 26.9. The van der Waals surface area contributed by atoms with Gasteiger partial charge in [0, 0.05) is 51.4 Å². The molecule has 13 heteroatoms. The predicted octanol–water partition coefficient (Wildman–Crippen LogP) is -1.59. The first kappa shape index (κ1) is 32.6. The molecule has 1 aromatic carbocycles. The average molecular weight is 545 g/mol. The minimum Gasteiger partial charge on any atom is -0.410 e. The number of primary amides is 2. The fraction of sp³-hybridized carbons (Fsp3) is 0.474. The Morgan fingerprint density at radius 2 is 1.56 bits per heavy atom. The number of Topliss-reactive ketones (excluding diaryl/α,β-unsaturated/α-hetero) is 1. The first-order valence-corrected chi connectivity index (χ1v) is 10.1. The maximum absolute atomic E-state index is 12.0. The zero-order valence-electron chi connectivity index (χ0n) is 18.0. The summed E-state index contributed by atoms with van der Waals surface area (Å²) in [6, 6.07) is 4.81. The quantitative estimate of drug-likeness (QED) is 0.151. The molecule has 0 aliphatic carbocycles. The Morgan fingerprint density at radius 1 is 1.00 bits per heavy atom. The van der Waals surface area contributed by atoms with E-state index in [1.165, 1.54) is 7.05 Å². The van der Waals surface area contributed by atoms with Crippen molar-refractivity contribution in [3.8, 4) is 5.75 Å². The van der Waals surface area contributed by atoms with Crippen LogP contribution in [0.5, 0.6) is 5.75 Å². The summed E-state index contributed by atoms with van der Waals surface area (Å²) in [6.07, 6.45) is -0.347. The van der Waals surface area contributed by atoms with E-state index in [4.69, 9.17) is 27.7 Å². The molecule has 11 nitrogen and oxygen atoms in total. The van der Waals surface area contributed by atoms with E-state index in [9.17, 15) is 19.2 Å². The molecule has 1 aromatic rings. The molecule has 3 amide bonds. The number of carbonyl (C=O) groups is 4. The summed E-state index contributed by atoms with van der Waals surface area (Å²) >= 11 is 3.98. The van der Waals surface area contributed by atoms with E-state index >= 15 is 0 Å². The predicted molar refractivity (Wildman–Crippen MR) is 120 cm³/mol.